The van der Waals surface area contributed by atoms with Crippen LogP contribution in [0.15, 0.2) is 30.3 Å². The number of unbranched alkanes of at least 4 members (excludes halogenated alkanes) is 18. The molecule has 0 aromatic heterocycles. The second-order valence-corrected chi connectivity index (χ2v) is 12.4. The molecule has 0 bridgehead atoms. The first kappa shape index (κ1) is 36.1. The van der Waals surface area contributed by atoms with E-state index in [4.69, 9.17) is 0 Å². The zero-order valence-corrected chi connectivity index (χ0v) is 26.9. The van der Waals surface area contributed by atoms with Crippen molar-refractivity contribution in [2.45, 2.75) is 160 Å². The summed E-state index contributed by atoms with van der Waals surface area (Å²) in [6.45, 7) is 4.49. The second-order valence-electron chi connectivity index (χ2n) is 10.7. The second kappa shape index (κ2) is 23.1. The first-order chi connectivity index (χ1) is 17.0. The molecular weight excluding hydrogens is 475 g/mol. The zero-order valence-electron chi connectivity index (χ0n) is 24.1. The fraction of sp³-hybridized carbons (Fsp3) is 0.806. The zero-order chi connectivity index (χ0) is 25.7. The van der Waals surface area contributed by atoms with Crippen LogP contribution in [0, 0.1) is 0 Å². The standard InChI is InChI=1S/C31H56O3S.Na/c1-3-5-7-9-11-13-15-17-19-24-28-31(35(32,33)34,30-26-22-21-23-27-30)29-25-20-18-16-14-12-10-8-6-4-2;/h21-23,26-27H,3-20,24-25,28-29H2,1-2H3,(H,32,33,34);/q;+1/p-1. The number of hydrogen-bond donors (Lipinski definition) is 0. The van der Waals surface area contributed by atoms with Crippen molar-refractivity contribution in [3.63, 3.8) is 0 Å². The summed E-state index contributed by atoms with van der Waals surface area (Å²) in [4.78, 5) is 0. The third-order valence-electron chi connectivity index (χ3n) is 7.65. The summed E-state index contributed by atoms with van der Waals surface area (Å²) < 4.78 is 36.8. The average Bonchev–Trinajstić information content (AvgIpc) is 2.84. The normalized spacial score (nSPS) is 12.0. The van der Waals surface area contributed by atoms with E-state index in [-0.39, 0.29) is 29.6 Å². The molecule has 0 N–H and O–H groups in total. The molecule has 0 aliphatic carbocycles. The van der Waals surface area contributed by atoms with E-state index in [9.17, 15) is 13.0 Å². The summed E-state index contributed by atoms with van der Waals surface area (Å²) in [6, 6.07) is 9.33. The van der Waals surface area contributed by atoms with Gasteiger partial charge in [0.1, 0.15) is 10.1 Å². The van der Waals surface area contributed by atoms with Crippen LogP contribution in [-0.4, -0.2) is 13.0 Å². The van der Waals surface area contributed by atoms with Gasteiger partial charge in [-0.15, -0.1) is 0 Å². The summed E-state index contributed by atoms with van der Waals surface area (Å²) in [5.74, 6) is 0. The minimum Gasteiger partial charge on any atom is -0.747 e. The molecule has 0 amide bonds. The summed E-state index contributed by atoms with van der Waals surface area (Å²) in [5, 5.41) is 0. The molecule has 0 saturated heterocycles. The van der Waals surface area contributed by atoms with E-state index < -0.39 is 14.9 Å². The molecule has 0 unspecified atom stereocenters. The van der Waals surface area contributed by atoms with Gasteiger partial charge in [-0.1, -0.05) is 173 Å². The molecule has 1 aromatic rings. The minimum absolute atomic E-state index is 0. The number of rotatable bonds is 24. The molecule has 3 nitrogen and oxygen atoms in total. The van der Waals surface area contributed by atoms with Crippen molar-refractivity contribution >= 4 is 10.1 Å². The van der Waals surface area contributed by atoms with Crippen LogP contribution in [0.2, 0.25) is 0 Å². The van der Waals surface area contributed by atoms with Gasteiger partial charge in [-0.2, -0.15) is 0 Å². The van der Waals surface area contributed by atoms with Crippen molar-refractivity contribution in [2.24, 2.45) is 0 Å². The molecule has 0 saturated carbocycles. The third-order valence-corrected chi connectivity index (χ3v) is 9.25. The quantitative estimate of drug-likeness (QED) is 0.0817. The van der Waals surface area contributed by atoms with Gasteiger partial charge < -0.3 is 4.55 Å². The molecule has 36 heavy (non-hydrogen) atoms. The smallest absolute Gasteiger partial charge is 0.747 e. The maximum absolute atomic E-state index is 12.7. The van der Waals surface area contributed by atoms with Crippen LogP contribution >= 0.6 is 0 Å². The Morgan fingerprint density at radius 3 is 1.17 bits per heavy atom. The maximum atomic E-state index is 12.7. The van der Waals surface area contributed by atoms with Gasteiger partial charge in [0.15, 0.2) is 0 Å². The summed E-state index contributed by atoms with van der Waals surface area (Å²) >= 11 is 0. The fourth-order valence-corrected chi connectivity index (χ4v) is 6.56. The molecule has 1 rings (SSSR count). The summed E-state index contributed by atoms with van der Waals surface area (Å²) in [7, 11) is -4.45. The van der Waals surface area contributed by atoms with Crippen molar-refractivity contribution in [1.29, 1.82) is 0 Å². The molecule has 0 aliphatic rings. The molecule has 1 aromatic carbocycles. The Hall–Kier alpha value is 0.130. The Kier molecular flexibility index (Phi) is 23.1. The van der Waals surface area contributed by atoms with E-state index in [1.807, 2.05) is 30.3 Å². The van der Waals surface area contributed by atoms with E-state index in [0.717, 1.165) is 38.5 Å². The van der Waals surface area contributed by atoms with E-state index in [0.29, 0.717) is 18.4 Å². The van der Waals surface area contributed by atoms with Crippen LogP contribution in [0.5, 0.6) is 0 Å². The van der Waals surface area contributed by atoms with Crippen molar-refractivity contribution in [1.82, 2.24) is 0 Å². The molecule has 0 radical (unpaired) electrons. The molecule has 5 heteroatoms. The molecular formula is C31H55NaO3S. The van der Waals surface area contributed by atoms with Crippen molar-refractivity contribution in [3.8, 4) is 0 Å². The Labute approximate surface area is 247 Å². The molecule has 0 aliphatic heterocycles. The molecule has 0 fully saturated rings. The Bertz CT molecular complexity index is 682. The van der Waals surface area contributed by atoms with E-state index >= 15 is 0 Å². The molecule has 0 heterocycles. The topological polar surface area (TPSA) is 57.2 Å². The Morgan fingerprint density at radius 1 is 0.556 bits per heavy atom. The van der Waals surface area contributed by atoms with E-state index in [1.165, 1.54) is 89.9 Å². The Morgan fingerprint density at radius 2 is 0.861 bits per heavy atom. The van der Waals surface area contributed by atoms with Gasteiger partial charge in [0.25, 0.3) is 0 Å². The predicted molar refractivity (Wildman–Crippen MR) is 151 cm³/mol. The van der Waals surface area contributed by atoms with Gasteiger partial charge in [0.05, 0.1) is 4.75 Å². The van der Waals surface area contributed by atoms with Gasteiger partial charge >= 0.3 is 29.6 Å². The van der Waals surface area contributed by atoms with Crippen LogP contribution in [0.3, 0.4) is 0 Å². The molecule has 204 valence electrons. The van der Waals surface area contributed by atoms with Crippen molar-refractivity contribution in [2.75, 3.05) is 0 Å². The van der Waals surface area contributed by atoms with Crippen LogP contribution in [0.4, 0.5) is 0 Å². The maximum Gasteiger partial charge on any atom is 1.00 e. The number of benzene rings is 1. The number of hydrogen-bond acceptors (Lipinski definition) is 3. The predicted octanol–water partition coefficient (Wildman–Crippen LogP) is 7.05. The van der Waals surface area contributed by atoms with Gasteiger partial charge in [-0.25, -0.2) is 8.42 Å². The van der Waals surface area contributed by atoms with E-state index in [1.54, 1.807) is 0 Å². The molecule has 0 atom stereocenters. The first-order valence-corrected chi connectivity index (χ1v) is 16.4. The van der Waals surface area contributed by atoms with Crippen molar-refractivity contribution < 1.29 is 42.5 Å². The van der Waals surface area contributed by atoms with Crippen LogP contribution in [0.1, 0.15) is 161 Å². The Balaban J connectivity index is 0.0000122. The molecule has 0 spiro atoms. The fourth-order valence-electron chi connectivity index (χ4n) is 5.35. The van der Waals surface area contributed by atoms with Gasteiger partial charge in [0.2, 0.25) is 0 Å². The minimum atomic E-state index is -4.45. The average molecular weight is 531 g/mol. The first-order valence-electron chi connectivity index (χ1n) is 15.0. The third kappa shape index (κ3) is 15.5. The summed E-state index contributed by atoms with van der Waals surface area (Å²) in [5.41, 5.74) is 0.696. The van der Waals surface area contributed by atoms with Gasteiger partial charge in [0, 0.05) is 0 Å². The SMILES string of the molecule is CCCCCCCCCCCCC(CCCCCCCCCCCC)(c1ccccc1)S(=O)(=O)[O-].[Na+]. The van der Waals surface area contributed by atoms with Crippen LogP contribution in [-0.2, 0) is 14.9 Å². The van der Waals surface area contributed by atoms with E-state index in [2.05, 4.69) is 13.8 Å². The largest absolute Gasteiger partial charge is 1.00 e. The van der Waals surface area contributed by atoms with Crippen molar-refractivity contribution in [3.05, 3.63) is 35.9 Å². The van der Waals surface area contributed by atoms with Crippen LogP contribution < -0.4 is 29.6 Å². The van der Waals surface area contributed by atoms with Crippen LogP contribution in [0.25, 0.3) is 0 Å². The van der Waals surface area contributed by atoms with Gasteiger partial charge in [-0.3, -0.25) is 0 Å². The monoisotopic (exact) mass is 530 g/mol. The summed E-state index contributed by atoms with van der Waals surface area (Å²) in [6.07, 6.45) is 25.0. The van der Waals surface area contributed by atoms with Gasteiger partial charge in [-0.05, 0) is 18.4 Å².